The fourth-order valence-corrected chi connectivity index (χ4v) is 1.17. The van der Waals surface area contributed by atoms with E-state index in [0.29, 0.717) is 6.07 Å². The molecule has 5 heteroatoms. The topological polar surface area (TPSA) is 64.2 Å². The molecule has 0 radical (unpaired) electrons. The lowest BCUT2D eigenvalue weighted by molar-refractivity contribution is 0.0213. The average Bonchev–Trinajstić information content (AvgIpc) is 2.15. The molecule has 0 saturated heterocycles. The van der Waals surface area contributed by atoms with E-state index in [9.17, 15) is 19.0 Å². The Morgan fingerprint density at radius 1 is 1.20 bits per heavy atom. The van der Waals surface area contributed by atoms with Gasteiger partial charge in [-0.25, -0.2) is 8.78 Å². The van der Waals surface area contributed by atoms with Gasteiger partial charge in [-0.15, -0.1) is 0 Å². The summed E-state index contributed by atoms with van der Waals surface area (Å²) in [6, 6.07) is 4.13. The molecule has 15 heavy (non-hydrogen) atoms. The standard InChI is InChI=1S/C10H9F2NO2/c11-7-3-6(4-8(12)5-7)10(15)9(14)1-2-13/h3-5,9-10,14-15H,1H2. The van der Waals surface area contributed by atoms with Crippen LogP contribution in [0.4, 0.5) is 8.78 Å². The van der Waals surface area contributed by atoms with E-state index in [4.69, 9.17) is 5.26 Å². The van der Waals surface area contributed by atoms with Gasteiger partial charge in [0, 0.05) is 6.07 Å². The van der Waals surface area contributed by atoms with Crippen molar-refractivity contribution in [3.8, 4) is 6.07 Å². The lowest BCUT2D eigenvalue weighted by Crippen LogP contribution is -2.17. The van der Waals surface area contributed by atoms with E-state index in [1.807, 2.05) is 0 Å². The van der Waals surface area contributed by atoms with Crippen LogP contribution in [0, 0.1) is 23.0 Å². The molecule has 0 fully saturated rings. The van der Waals surface area contributed by atoms with E-state index in [-0.39, 0.29) is 12.0 Å². The highest BCUT2D eigenvalue weighted by molar-refractivity contribution is 5.21. The lowest BCUT2D eigenvalue weighted by Gasteiger charge is -2.15. The molecule has 0 amide bonds. The Balaban J connectivity index is 2.91. The van der Waals surface area contributed by atoms with Gasteiger partial charge >= 0.3 is 0 Å². The highest BCUT2D eigenvalue weighted by Crippen LogP contribution is 2.20. The van der Waals surface area contributed by atoms with Gasteiger partial charge in [0.25, 0.3) is 0 Å². The highest BCUT2D eigenvalue weighted by atomic mass is 19.1. The maximum Gasteiger partial charge on any atom is 0.126 e. The third-order valence-corrected chi connectivity index (χ3v) is 1.89. The number of hydrogen-bond acceptors (Lipinski definition) is 3. The van der Waals surface area contributed by atoms with Crippen molar-refractivity contribution in [2.75, 3.05) is 0 Å². The molecule has 1 rings (SSSR count). The minimum atomic E-state index is -1.46. The van der Waals surface area contributed by atoms with Crippen molar-refractivity contribution in [3.63, 3.8) is 0 Å². The zero-order valence-electron chi connectivity index (χ0n) is 7.69. The fourth-order valence-electron chi connectivity index (χ4n) is 1.17. The lowest BCUT2D eigenvalue weighted by atomic mass is 10.0. The van der Waals surface area contributed by atoms with Crippen LogP contribution in [-0.4, -0.2) is 16.3 Å². The summed E-state index contributed by atoms with van der Waals surface area (Å²) >= 11 is 0. The number of halogens is 2. The number of hydrogen-bond donors (Lipinski definition) is 2. The van der Waals surface area contributed by atoms with Crippen molar-refractivity contribution in [1.82, 2.24) is 0 Å². The fraction of sp³-hybridized carbons (Fsp3) is 0.300. The number of aliphatic hydroxyl groups excluding tert-OH is 2. The Hall–Kier alpha value is -1.51. The average molecular weight is 213 g/mol. The van der Waals surface area contributed by atoms with Crippen molar-refractivity contribution in [1.29, 1.82) is 5.26 Å². The number of nitriles is 1. The van der Waals surface area contributed by atoms with Crippen LogP contribution in [0.15, 0.2) is 18.2 Å². The minimum absolute atomic E-state index is 0.0877. The van der Waals surface area contributed by atoms with Crippen LogP contribution < -0.4 is 0 Å². The molecule has 2 N–H and O–H groups in total. The first-order chi connectivity index (χ1) is 7.04. The smallest absolute Gasteiger partial charge is 0.126 e. The summed E-state index contributed by atoms with van der Waals surface area (Å²) in [5, 5.41) is 26.9. The molecule has 0 aromatic heterocycles. The summed E-state index contributed by atoms with van der Waals surface area (Å²) in [7, 11) is 0. The second-order valence-electron chi connectivity index (χ2n) is 3.08. The number of rotatable bonds is 3. The van der Waals surface area contributed by atoms with Gasteiger partial charge in [0.1, 0.15) is 17.7 Å². The van der Waals surface area contributed by atoms with E-state index in [2.05, 4.69) is 0 Å². The van der Waals surface area contributed by atoms with Crippen molar-refractivity contribution in [3.05, 3.63) is 35.4 Å². The predicted octanol–water partition coefficient (Wildman–Crippen LogP) is 1.27. The van der Waals surface area contributed by atoms with Gasteiger partial charge in [0.2, 0.25) is 0 Å². The molecular weight excluding hydrogens is 204 g/mol. The predicted molar refractivity (Wildman–Crippen MR) is 47.6 cm³/mol. The van der Waals surface area contributed by atoms with Crippen molar-refractivity contribution >= 4 is 0 Å². The molecule has 0 bridgehead atoms. The molecule has 3 nitrogen and oxygen atoms in total. The summed E-state index contributed by atoms with van der Waals surface area (Å²) < 4.78 is 25.5. The van der Waals surface area contributed by atoms with Crippen molar-refractivity contribution in [2.24, 2.45) is 0 Å². The summed E-state index contributed by atoms with van der Waals surface area (Å²) in [6.07, 6.45) is -3.12. The summed E-state index contributed by atoms with van der Waals surface area (Å²) in [5.41, 5.74) is -0.0877. The van der Waals surface area contributed by atoms with Crippen LogP contribution in [0.3, 0.4) is 0 Å². The SMILES string of the molecule is N#CCC(O)C(O)c1cc(F)cc(F)c1. The Bertz CT molecular complexity index is 369. The first kappa shape index (κ1) is 11.6. The van der Waals surface area contributed by atoms with Gasteiger partial charge in [0.05, 0.1) is 18.6 Å². The van der Waals surface area contributed by atoms with Crippen LogP contribution >= 0.6 is 0 Å². The molecule has 1 aromatic carbocycles. The number of nitrogens with zero attached hydrogens (tertiary/aromatic N) is 1. The van der Waals surface area contributed by atoms with Crippen LogP contribution in [0.5, 0.6) is 0 Å². The van der Waals surface area contributed by atoms with Crippen LogP contribution in [0.2, 0.25) is 0 Å². The third kappa shape index (κ3) is 2.98. The maximum absolute atomic E-state index is 12.7. The molecule has 2 atom stereocenters. The summed E-state index contributed by atoms with van der Waals surface area (Å²) in [4.78, 5) is 0. The number of benzene rings is 1. The Labute approximate surface area is 85.2 Å². The van der Waals surface area contributed by atoms with Crippen molar-refractivity contribution in [2.45, 2.75) is 18.6 Å². The molecule has 0 aliphatic rings. The molecule has 2 unspecified atom stereocenters. The van der Waals surface area contributed by atoms with E-state index in [1.54, 1.807) is 6.07 Å². The molecule has 1 aromatic rings. The molecule has 0 saturated carbocycles. The molecule has 0 heterocycles. The van der Waals surface area contributed by atoms with E-state index >= 15 is 0 Å². The van der Waals surface area contributed by atoms with Gasteiger partial charge in [-0.05, 0) is 17.7 Å². The quantitative estimate of drug-likeness (QED) is 0.794. The van der Waals surface area contributed by atoms with Crippen molar-refractivity contribution < 1.29 is 19.0 Å². The van der Waals surface area contributed by atoms with Gasteiger partial charge in [-0.1, -0.05) is 0 Å². The Morgan fingerprint density at radius 2 is 1.73 bits per heavy atom. The van der Waals surface area contributed by atoms with Gasteiger partial charge in [-0.2, -0.15) is 5.26 Å². The van der Waals surface area contributed by atoms with Crippen LogP contribution in [-0.2, 0) is 0 Å². The molecular formula is C10H9F2NO2. The Morgan fingerprint density at radius 3 is 2.20 bits per heavy atom. The first-order valence-corrected chi connectivity index (χ1v) is 4.23. The second kappa shape index (κ2) is 4.82. The maximum atomic E-state index is 12.7. The van der Waals surface area contributed by atoms with E-state index in [0.717, 1.165) is 12.1 Å². The first-order valence-electron chi connectivity index (χ1n) is 4.23. The molecule has 0 aliphatic carbocycles. The van der Waals surface area contributed by atoms with E-state index in [1.165, 1.54) is 0 Å². The summed E-state index contributed by atoms with van der Waals surface area (Å²) in [5.74, 6) is -1.68. The molecule has 0 spiro atoms. The largest absolute Gasteiger partial charge is 0.389 e. The second-order valence-corrected chi connectivity index (χ2v) is 3.08. The van der Waals surface area contributed by atoms with Crippen LogP contribution in [0.1, 0.15) is 18.1 Å². The number of aliphatic hydroxyl groups is 2. The monoisotopic (exact) mass is 213 g/mol. The minimum Gasteiger partial charge on any atom is -0.389 e. The third-order valence-electron chi connectivity index (χ3n) is 1.89. The molecule has 0 aliphatic heterocycles. The zero-order valence-corrected chi connectivity index (χ0v) is 7.69. The van der Waals surface area contributed by atoms with Gasteiger partial charge < -0.3 is 10.2 Å². The molecule has 80 valence electrons. The highest BCUT2D eigenvalue weighted by Gasteiger charge is 2.19. The van der Waals surface area contributed by atoms with Gasteiger partial charge in [0.15, 0.2) is 0 Å². The van der Waals surface area contributed by atoms with E-state index < -0.39 is 23.8 Å². The summed E-state index contributed by atoms with van der Waals surface area (Å²) in [6.45, 7) is 0. The van der Waals surface area contributed by atoms with Gasteiger partial charge in [-0.3, -0.25) is 0 Å². The Kier molecular flexibility index (Phi) is 3.72. The normalized spacial score (nSPS) is 14.3. The van der Waals surface area contributed by atoms with Crippen LogP contribution in [0.25, 0.3) is 0 Å². The zero-order chi connectivity index (χ0) is 11.4.